The van der Waals surface area contributed by atoms with E-state index in [-0.39, 0.29) is 0 Å². The molecule has 0 aromatic rings. The first-order valence-corrected chi connectivity index (χ1v) is 4.40. The normalized spacial score (nSPS) is 24.9. The lowest BCUT2D eigenvalue weighted by molar-refractivity contribution is 0.479. The van der Waals surface area contributed by atoms with Gasteiger partial charge in [0.15, 0.2) is 0 Å². The maximum atomic E-state index is 3.80. The van der Waals surface area contributed by atoms with E-state index in [1.165, 1.54) is 23.3 Å². The summed E-state index contributed by atoms with van der Waals surface area (Å²) in [6, 6.07) is 0. The van der Waals surface area contributed by atoms with Crippen LogP contribution in [0.4, 0.5) is 0 Å². The van der Waals surface area contributed by atoms with Crippen molar-refractivity contribution in [2.75, 3.05) is 13.6 Å². The van der Waals surface area contributed by atoms with Gasteiger partial charge in [0.2, 0.25) is 0 Å². The second-order valence-corrected chi connectivity index (χ2v) is 3.22. The molecule has 0 N–H and O–H groups in total. The van der Waals surface area contributed by atoms with Crippen LogP contribution in [-0.2, 0) is 0 Å². The zero-order chi connectivity index (χ0) is 9.14. The van der Waals surface area contributed by atoms with Crippen molar-refractivity contribution < 1.29 is 0 Å². The molecule has 1 fully saturated rings. The fraction of sp³-hybridized carbons (Fsp3) is 0.455. The Hall–Kier alpha value is -0.980. The highest BCUT2D eigenvalue weighted by molar-refractivity contribution is 5.40. The summed E-state index contributed by atoms with van der Waals surface area (Å²) in [6.45, 7) is 9.16. The van der Waals surface area contributed by atoms with Gasteiger partial charge in [0.05, 0.1) is 0 Å². The van der Waals surface area contributed by atoms with Crippen molar-refractivity contribution in [2.45, 2.75) is 20.3 Å². The summed E-state index contributed by atoms with van der Waals surface area (Å²) in [6.07, 6.45) is 5.31. The molecule has 1 aliphatic rings. The van der Waals surface area contributed by atoms with Crippen LogP contribution in [0.25, 0.3) is 0 Å². The summed E-state index contributed by atoms with van der Waals surface area (Å²) in [4.78, 5) is 2.30. The Balaban J connectivity index is 3.07. The Labute approximate surface area is 75.1 Å². The quantitative estimate of drug-likeness (QED) is 0.574. The number of allylic oxidation sites excluding steroid dienone is 4. The van der Waals surface area contributed by atoms with Gasteiger partial charge in [0, 0.05) is 19.3 Å². The van der Waals surface area contributed by atoms with Crippen LogP contribution < -0.4 is 0 Å². The van der Waals surface area contributed by atoms with E-state index in [9.17, 15) is 0 Å². The molecule has 0 unspecified atom stereocenters. The van der Waals surface area contributed by atoms with Gasteiger partial charge in [-0.15, -0.1) is 0 Å². The van der Waals surface area contributed by atoms with Crippen LogP contribution in [0, 0.1) is 0 Å². The monoisotopic (exact) mass is 163 g/mol. The van der Waals surface area contributed by atoms with E-state index in [0.717, 1.165) is 6.54 Å². The number of hydrogen-bond donors (Lipinski definition) is 0. The number of likely N-dealkylation sites (N-methyl/N-ethyl adjacent to an activating group) is 1. The zero-order valence-corrected chi connectivity index (χ0v) is 8.22. The molecule has 0 radical (unpaired) electrons. The first kappa shape index (κ1) is 9.11. The van der Waals surface area contributed by atoms with Crippen LogP contribution in [0.1, 0.15) is 20.3 Å². The van der Waals surface area contributed by atoms with Crippen LogP contribution in [0.3, 0.4) is 0 Å². The highest BCUT2D eigenvalue weighted by Crippen LogP contribution is 2.28. The minimum absolute atomic E-state index is 1.14. The predicted molar refractivity (Wildman–Crippen MR) is 53.9 cm³/mol. The molecular weight excluding hydrogens is 146 g/mol. The molecule has 1 heteroatoms. The zero-order valence-electron chi connectivity index (χ0n) is 8.22. The Morgan fingerprint density at radius 2 is 2.25 bits per heavy atom. The number of likely N-dealkylation sites (tertiary alicyclic amines) is 1. The summed E-state index contributed by atoms with van der Waals surface area (Å²) >= 11 is 0. The van der Waals surface area contributed by atoms with Crippen LogP contribution in [0.5, 0.6) is 0 Å². The summed E-state index contributed by atoms with van der Waals surface area (Å²) < 4.78 is 0. The third-order valence-electron chi connectivity index (χ3n) is 2.43. The predicted octanol–water partition coefficient (Wildman–Crippen LogP) is 2.73. The smallest absolute Gasteiger partial charge is 0.0423 e. The Kier molecular flexibility index (Phi) is 2.74. The third-order valence-corrected chi connectivity index (χ3v) is 2.43. The molecule has 1 aliphatic heterocycles. The molecule has 1 saturated heterocycles. The van der Waals surface area contributed by atoms with E-state index >= 15 is 0 Å². The van der Waals surface area contributed by atoms with Crippen molar-refractivity contribution in [2.24, 2.45) is 0 Å². The molecule has 1 rings (SSSR count). The fourth-order valence-electron chi connectivity index (χ4n) is 1.70. The maximum Gasteiger partial charge on any atom is 0.0423 e. The van der Waals surface area contributed by atoms with Crippen molar-refractivity contribution in [3.8, 4) is 0 Å². The average Bonchev–Trinajstić information content (AvgIpc) is 2.45. The highest BCUT2D eigenvalue weighted by Gasteiger charge is 2.18. The molecule has 12 heavy (non-hydrogen) atoms. The van der Waals surface area contributed by atoms with Gasteiger partial charge in [-0.25, -0.2) is 0 Å². The van der Waals surface area contributed by atoms with Gasteiger partial charge in [-0.2, -0.15) is 0 Å². The summed E-state index contributed by atoms with van der Waals surface area (Å²) in [5, 5.41) is 0. The van der Waals surface area contributed by atoms with Gasteiger partial charge in [0.1, 0.15) is 0 Å². The van der Waals surface area contributed by atoms with Gasteiger partial charge in [-0.1, -0.05) is 18.7 Å². The largest absolute Gasteiger partial charge is 0.374 e. The standard InChI is InChI=1S/C11H17N/c1-5-9(3)11-10(6-2)7-8-12(11)4/h5-6H,1,7-8H2,2-4H3/b10-6-,11-9+. The second-order valence-electron chi connectivity index (χ2n) is 3.22. The van der Waals surface area contributed by atoms with Crippen molar-refractivity contribution in [3.05, 3.63) is 35.6 Å². The molecule has 0 aliphatic carbocycles. The van der Waals surface area contributed by atoms with E-state index in [2.05, 4.69) is 38.5 Å². The molecule has 1 heterocycles. The van der Waals surface area contributed by atoms with E-state index in [1.54, 1.807) is 0 Å². The fourth-order valence-corrected chi connectivity index (χ4v) is 1.70. The molecule has 0 aromatic heterocycles. The number of hydrogen-bond acceptors (Lipinski definition) is 1. The molecule has 0 amide bonds. The van der Waals surface area contributed by atoms with Crippen molar-refractivity contribution in [1.82, 2.24) is 4.90 Å². The maximum absolute atomic E-state index is 3.80. The van der Waals surface area contributed by atoms with Gasteiger partial charge >= 0.3 is 0 Å². The van der Waals surface area contributed by atoms with Crippen molar-refractivity contribution in [1.29, 1.82) is 0 Å². The summed E-state index contributed by atoms with van der Waals surface area (Å²) in [7, 11) is 2.14. The molecule has 0 aromatic carbocycles. The average molecular weight is 163 g/mol. The molecular formula is C11H17N. The van der Waals surface area contributed by atoms with Crippen LogP contribution in [0.15, 0.2) is 35.6 Å². The van der Waals surface area contributed by atoms with Gasteiger partial charge < -0.3 is 4.90 Å². The molecule has 0 atom stereocenters. The minimum atomic E-state index is 1.14. The van der Waals surface area contributed by atoms with E-state index in [4.69, 9.17) is 0 Å². The summed E-state index contributed by atoms with van der Waals surface area (Å²) in [5.74, 6) is 0. The highest BCUT2D eigenvalue weighted by atomic mass is 15.1. The molecule has 0 spiro atoms. The Morgan fingerprint density at radius 1 is 1.58 bits per heavy atom. The molecule has 1 nitrogen and oxygen atoms in total. The molecule has 0 bridgehead atoms. The van der Waals surface area contributed by atoms with E-state index < -0.39 is 0 Å². The van der Waals surface area contributed by atoms with Crippen LogP contribution in [0.2, 0.25) is 0 Å². The SMILES string of the molecule is C=C/C(C)=C1\C(=C/C)CCN1C. The van der Waals surface area contributed by atoms with Gasteiger partial charge in [-0.3, -0.25) is 0 Å². The molecule has 0 saturated carbocycles. The Bertz CT molecular complexity index is 246. The van der Waals surface area contributed by atoms with Crippen LogP contribution in [-0.4, -0.2) is 18.5 Å². The lowest BCUT2D eigenvalue weighted by Crippen LogP contribution is -2.11. The number of nitrogens with zero attached hydrogens (tertiary/aromatic N) is 1. The second kappa shape index (κ2) is 3.61. The first-order chi connectivity index (χ1) is 5.70. The lowest BCUT2D eigenvalue weighted by atomic mass is 10.1. The Morgan fingerprint density at radius 3 is 2.75 bits per heavy atom. The van der Waals surface area contributed by atoms with E-state index in [1.807, 2.05) is 6.08 Å². The summed E-state index contributed by atoms with van der Waals surface area (Å²) in [5.41, 5.74) is 4.10. The van der Waals surface area contributed by atoms with Gasteiger partial charge in [0.25, 0.3) is 0 Å². The van der Waals surface area contributed by atoms with Crippen LogP contribution >= 0.6 is 0 Å². The minimum Gasteiger partial charge on any atom is -0.374 e. The van der Waals surface area contributed by atoms with Gasteiger partial charge in [-0.05, 0) is 31.4 Å². The molecule has 66 valence electrons. The number of rotatable bonds is 1. The van der Waals surface area contributed by atoms with Crippen molar-refractivity contribution in [3.63, 3.8) is 0 Å². The first-order valence-electron chi connectivity index (χ1n) is 4.40. The third kappa shape index (κ3) is 1.45. The van der Waals surface area contributed by atoms with E-state index in [0.29, 0.717) is 0 Å². The van der Waals surface area contributed by atoms with Crippen molar-refractivity contribution >= 4 is 0 Å². The lowest BCUT2D eigenvalue weighted by Gasteiger charge is -2.15. The topological polar surface area (TPSA) is 3.24 Å².